The van der Waals surface area contributed by atoms with Crippen LogP contribution in [0.15, 0.2) is 53.1 Å². The predicted octanol–water partition coefficient (Wildman–Crippen LogP) is 4.57. The van der Waals surface area contributed by atoms with Gasteiger partial charge in [0.2, 0.25) is 0 Å². The van der Waals surface area contributed by atoms with Gasteiger partial charge in [-0.05, 0) is 36.8 Å². The van der Waals surface area contributed by atoms with Crippen molar-refractivity contribution in [2.45, 2.75) is 13.5 Å². The summed E-state index contributed by atoms with van der Waals surface area (Å²) in [5, 5.41) is 1.02. The number of carbonyl (C=O) groups excluding carboxylic acids is 1. The van der Waals surface area contributed by atoms with Crippen LogP contribution < -0.4 is 0 Å². The highest BCUT2D eigenvalue weighted by Crippen LogP contribution is 2.23. The van der Waals surface area contributed by atoms with Crippen LogP contribution in [0.1, 0.15) is 21.5 Å². The minimum Gasteiger partial charge on any atom is -0.342 e. The molecule has 0 radical (unpaired) electrons. The van der Waals surface area contributed by atoms with Gasteiger partial charge in [0.25, 0.3) is 0 Å². The third-order valence-corrected chi connectivity index (χ3v) is 3.93. The Morgan fingerprint density at radius 3 is 2.80 bits per heavy atom. The second-order valence-corrected chi connectivity index (χ2v) is 5.90. The van der Waals surface area contributed by atoms with Crippen LogP contribution in [0, 0.1) is 6.92 Å². The van der Waals surface area contributed by atoms with Gasteiger partial charge in [0, 0.05) is 33.7 Å². The Hall–Kier alpha value is -1.87. The van der Waals surface area contributed by atoms with E-state index in [0.29, 0.717) is 0 Å². The standard InChI is InChI=1S/C17H14BrNO/c1-12-5-6-17-16(7-12)14(11-20)10-19(17)9-13-3-2-4-15(18)8-13/h2-8,10-11H,9H2,1H3. The molecule has 0 amide bonds. The maximum absolute atomic E-state index is 11.2. The molecule has 2 aromatic carbocycles. The van der Waals surface area contributed by atoms with E-state index < -0.39 is 0 Å². The fraction of sp³-hybridized carbons (Fsp3) is 0.118. The Bertz CT molecular complexity index is 789. The van der Waals surface area contributed by atoms with Crippen molar-refractivity contribution in [3.63, 3.8) is 0 Å². The minimum atomic E-state index is 0.749. The molecule has 0 aliphatic carbocycles. The lowest BCUT2D eigenvalue weighted by atomic mass is 10.1. The second-order valence-electron chi connectivity index (χ2n) is 4.98. The lowest BCUT2D eigenvalue weighted by Gasteiger charge is -2.06. The average molecular weight is 328 g/mol. The molecular formula is C17H14BrNO. The molecule has 0 saturated heterocycles. The molecule has 0 aliphatic heterocycles. The largest absolute Gasteiger partial charge is 0.342 e. The Labute approximate surface area is 126 Å². The number of fused-ring (bicyclic) bond motifs is 1. The summed E-state index contributed by atoms with van der Waals surface area (Å²) in [6, 6.07) is 14.4. The number of hydrogen-bond acceptors (Lipinski definition) is 1. The van der Waals surface area contributed by atoms with Gasteiger partial charge in [0.05, 0.1) is 0 Å². The van der Waals surface area contributed by atoms with Crippen molar-refractivity contribution in [3.8, 4) is 0 Å². The molecule has 1 heterocycles. The highest BCUT2D eigenvalue weighted by atomic mass is 79.9. The topological polar surface area (TPSA) is 22.0 Å². The van der Waals surface area contributed by atoms with Gasteiger partial charge in [-0.1, -0.05) is 39.7 Å². The quantitative estimate of drug-likeness (QED) is 0.646. The highest BCUT2D eigenvalue weighted by molar-refractivity contribution is 9.10. The molecule has 0 saturated carbocycles. The van der Waals surface area contributed by atoms with Crippen molar-refractivity contribution < 1.29 is 4.79 Å². The average Bonchev–Trinajstić information content (AvgIpc) is 2.76. The van der Waals surface area contributed by atoms with Crippen molar-refractivity contribution >= 4 is 33.1 Å². The lowest BCUT2D eigenvalue weighted by Crippen LogP contribution is -1.97. The van der Waals surface area contributed by atoms with Crippen molar-refractivity contribution in [2.24, 2.45) is 0 Å². The van der Waals surface area contributed by atoms with Crippen molar-refractivity contribution in [1.82, 2.24) is 4.57 Å². The summed E-state index contributed by atoms with van der Waals surface area (Å²) in [6.07, 6.45) is 2.86. The van der Waals surface area contributed by atoms with Gasteiger partial charge in [-0.15, -0.1) is 0 Å². The van der Waals surface area contributed by atoms with E-state index in [1.807, 2.05) is 25.3 Å². The maximum atomic E-state index is 11.2. The second kappa shape index (κ2) is 5.25. The summed E-state index contributed by atoms with van der Waals surface area (Å²) in [4.78, 5) is 11.2. The van der Waals surface area contributed by atoms with Crippen molar-refractivity contribution in [3.05, 3.63) is 69.8 Å². The van der Waals surface area contributed by atoms with Gasteiger partial charge in [-0.25, -0.2) is 0 Å². The molecule has 100 valence electrons. The van der Waals surface area contributed by atoms with Crippen molar-refractivity contribution in [1.29, 1.82) is 0 Å². The summed E-state index contributed by atoms with van der Waals surface area (Å²) in [5.41, 5.74) is 4.21. The first-order valence-corrected chi connectivity index (χ1v) is 7.26. The molecule has 3 rings (SSSR count). The molecule has 0 N–H and O–H groups in total. The Balaban J connectivity index is 2.10. The third kappa shape index (κ3) is 2.41. The SMILES string of the molecule is Cc1ccc2c(c1)c(C=O)cn2Cc1cccc(Br)c1. The van der Waals surface area contributed by atoms with Crippen LogP contribution in [-0.2, 0) is 6.54 Å². The molecule has 3 aromatic rings. The van der Waals surface area contributed by atoms with E-state index in [0.717, 1.165) is 33.8 Å². The number of aryl methyl sites for hydroxylation is 1. The number of hydrogen-bond donors (Lipinski definition) is 0. The van der Waals surface area contributed by atoms with E-state index in [1.54, 1.807) is 0 Å². The van der Waals surface area contributed by atoms with Gasteiger partial charge >= 0.3 is 0 Å². The van der Waals surface area contributed by atoms with E-state index >= 15 is 0 Å². The molecule has 20 heavy (non-hydrogen) atoms. The van der Waals surface area contributed by atoms with Crippen LogP contribution in [0.5, 0.6) is 0 Å². The van der Waals surface area contributed by atoms with Crippen LogP contribution >= 0.6 is 15.9 Å². The number of halogens is 1. The van der Waals surface area contributed by atoms with Crippen LogP contribution in [0.25, 0.3) is 10.9 Å². The lowest BCUT2D eigenvalue weighted by molar-refractivity contribution is 0.112. The van der Waals surface area contributed by atoms with Crippen molar-refractivity contribution in [2.75, 3.05) is 0 Å². The van der Waals surface area contributed by atoms with Crippen LogP contribution in [0.2, 0.25) is 0 Å². The minimum absolute atomic E-state index is 0.749. The third-order valence-electron chi connectivity index (χ3n) is 3.44. The van der Waals surface area contributed by atoms with Gasteiger partial charge in [0.1, 0.15) is 0 Å². The van der Waals surface area contributed by atoms with E-state index in [4.69, 9.17) is 0 Å². The maximum Gasteiger partial charge on any atom is 0.152 e. The molecule has 0 fully saturated rings. The number of rotatable bonds is 3. The summed E-state index contributed by atoms with van der Waals surface area (Å²) in [6.45, 7) is 2.80. The van der Waals surface area contributed by atoms with Crippen LogP contribution in [0.4, 0.5) is 0 Å². The summed E-state index contributed by atoms with van der Waals surface area (Å²) < 4.78 is 3.19. The van der Waals surface area contributed by atoms with E-state index in [9.17, 15) is 4.79 Å². The molecule has 1 aromatic heterocycles. The first kappa shape index (κ1) is 13.1. The Morgan fingerprint density at radius 1 is 1.20 bits per heavy atom. The fourth-order valence-electron chi connectivity index (χ4n) is 2.50. The summed E-state index contributed by atoms with van der Waals surface area (Å²) in [5.74, 6) is 0. The van der Waals surface area contributed by atoms with Gasteiger partial charge < -0.3 is 4.57 Å². The Morgan fingerprint density at radius 2 is 2.05 bits per heavy atom. The number of aldehydes is 1. The number of benzene rings is 2. The van der Waals surface area contributed by atoms with E-state index in [1.165, 1.54) is 11.1 Å². The molecule has 2 nitrogen and oxygen atoms in total. The fourth-order valence-corrected chi connectivity index (χ4v) is 2.94. The predicted molar refractivity (Wildman–Crippen MR) is 85.3 cm³/mol. The number of aromatic nitrogens is 1. The molecule has 3 heteroatoms. The monoisotopic (exact) mass is 327 g/mol. The van der Waals surface area contributed by atoms with E-state index in [2.05, 4.69) is 50.8 Å². The number of nitrogens with zero attached hydrogens (tertiary/aromatic N) is 1. The first-order valence-electron chi connectivity index (χ1n) is 6.46. The van der Waals surface area contributed by atoms with Gasteiger partial charge in [0.15, 0.2) is 6.29 Å². The molecule has 0 aliphatic rings. The molecule has 0 bridgehead atoms. The summed E-state index contributed by atoms with van der Waals surface area (Å²) in [7, 11) is 0. The van der Waals surface area contributed by atoms with Crippen LogP contribution in [0.3, 0.4) is 0 Å². The Kier molecular flexibility index (Phi) is 3.45. The summed E-state index contributed by atoms with van der Waals surface area (Å²) >= 11 is 3.49. The van der Waals surface area contributed by atoms with Gasteiger partial charge in [-0.3, -0.25) is 4.79 Å². The van der Waals surface area contributed by atoms with E-state index in [-0.39, 0.29) is 0 Å². The molecule has 0 unspecified atom stereocenters. The first-order chi connectivity index (χ1) is 9.67. The molecule has 0 spiro atoms. The zero-order chi connectivity index (χ0) is 14.1. The molecular weight excluding hydrogens is 314 g/mol. The molecule has 0 atom stereocenters. The zero-order valence-electron chi connectivity index (χ0n) is 11.1. The normalized spacial score (nSPS) is 10.9. The van der Waals surface area contributed by atoms with Crippen LogP contribution in [-0.4, -0.2) is 10.9 Å². The highest BCUT2D eigenvalue weighted by Gasteiger charge is 2.08. The zero-order valence-corrected chi connectivity index (χ0v) is 12.7. The number of carbonyl (C=O) groups is 1. The van der Waals surface area contributed by atoms with Gasteiger partial charge in [-0.2, -0.15) is 0 Å². The smallest absolute Gasteiger partial charge is 0.152 e.